The van der Waals surface area contributed by atoms with Crippen molar-refractivity contribution in [2.24, 2.45) is 0 Å². The minimum Gasteiger partial charge on any atom is -0.309 e. The van der Waals surface area contributed by atoms with Gasteiger partial charge in [0.05, 0.1) is 27.5 Å². The van der Waals surface area contributed by atoms with E-state index >= 15 is 0 Å². The van der Waals surface area contributed by atoms with Crippen LogP contribution in [0.1, 0.15) is 22.3 Å². The Morgan fingerprint density at radius 2 is 0.580 bits per heavy atom. The van der Waals surface area contributed by atoms with Crippen LogP contribution in [0.5, 0.6) is 0 Å². The number of fused-ring (bicyclic) bond motifs is 16. The lowest BCUT2D eigenvalue weighted by Gasteiger charge is -2.30. The molecule has 2 aliphatic rings. The average Bonchev–Trinajstić information content (AvgIpc) is 4.13. The molecule has 2 heteroatoms. The molecule has 2 aliphatic carbocycles. The maximum Gasteiger partial charge on any atom is 0.0725 e. The van der Waals surface area contributed by atoms with E-state index in [1.165, 1.54) is 127 Å². The van der Waals surface area contributed by atoms with Gasteiger partial charge in [-0.1, -0.05) is 182 Å². The van der Waals surface area contributed by atoms with E-state index in [0.717, 1.165) is 5.69 Å². The van der Waals surface area contributed by atoms with Crippen LogP contribution in [0.3, 0.4) is 0 Å². The summed E-state index contributed by atoms with van der Waals surface area (Å²) in [6, 6.07) is 94.8. The Morgan fingerprint density at radius 1 is 0.217 bits per heavy atom. The van der Waals surface area contributed by atoms with Crippen LogP contribution in [0.2, 0.25) is 0 Å². The van der Waals surface area contributed by atoms with E-state index in [1.807, 2.05) is 0 Å². The van der Waals surface area contributed by atoms with Crippen LogP contribution in [0.4, 0.5) is 0 Å². The molecule has 0 fully saturated rings. The monoisotopic (exact) mass is 874 g/mol. The summed E-state index contributed by atoms with van der Waals surface area (Å²) < 4.78 is 4.84. The van der Waals surface area contributed by atoms with E-state index in [1.54, 1.807) is 0 Å². The second kappa shape index (κ2) is 14.5. The number of hydrogen-bond donors (Lipinski definition) is 0. The lowest BCUT2D eigenvalue weighted by molar-refractivity contribution is 0.794. The van der Waals surface area contributed by atoms with Gasteiger partial charge in [0.1, 0.15) is 0 Å². The lowest BCUT2D eigenvalue weighted by Crippen LogP contribution is -2.25. The first kappa shape index (κ1) is 38.2. The van der Waals surface area contributed by atoms with Crippen LogP contribution in [-0.2, 0) is 5.41 Å². The highest BCUT2D eigenvalue weighted by Gasteiger charge is 2.51. The van der Waals surface area contributed by atoms with Crippen LogP contribution < -0.4 is 0 Å². The van der Waals surface area contributed by atoms with Gasteiger partial charge < -0.3 is 9.13 Å². The standard InChI is InChI=1S/C67H42N2/c1-3-15-43(16-4-1)44-27-33-50(34-28-44)69-65-37-31-46(45-30-36-64-56(39-45)55-22-10-14-26-63(55)68(64)49-17-5-2-6-18-49)40-57(65)58-41-47(32-38-66(58)69)48-29-35-54-53-21-9-13-25-61(53)67(62(54)42-48)59-23-11-7-19-51(59)52-20-8-12-24-60(52)67/h1-42H. The van der Waals surface area contributed by atoms with Crippen molar-refractivity contribution < 1.29 is 0 Å². The largest absolute Gasteiger partial charge is 0.309 e. The summed E-state index contributed by atoms with van der Waals surface area (Å²) in [6.45, 7) is 0. The number of para-hydroxylation sites is 2. The fourth-order valence-electron chi connectivity index (χ4n) is 12.4. The predicted molar refractivity (Wildman–Crippen MR) is 288 cm³/mol. The minimum atomic E-state index is -0.398. The van der Waals surface area contributed by atoms with Crippen molar-refractivity contribution in [1.82, 2.24) is 9.13 Å². The summed E-state index contributed by atoms with van der Waals surface area (Å²) in [5.41, 5.74) is 24.6. The Morgan fingerprint density at radius 3 is 1.13 bits per heavy atom. The maximum absolute atomic E-state index is 2.50. The third kappa shape index (κ3) is 5.37. The smallest absolute Gasteiger partial charge is 0.0725 e. The molecule has 0 N–H and O–H groups in total. The fourth-order valence-corrected chi connectivity index (χ4v) is 12.4. The molecule has 2 aromatic heterocycles. The Hall–Kier alpha value is -8.98. The molecule has 2 nitrogen and oxygen atoms in total. The molecule has 320 valence electrons. The fraction of sp³-hybridized carbons (Fsp3) is 0.0149. The number of nitrogens with zero attached hydrogens (tertiary/aromatic N) is 2. The highest BCUT2D eigenvalue weighted by molar-refractivity contribution is 6.13. The number of benzene rings is 11. The Labute approximate surface area is 400 Å². The van der Waals surface area contributed by atoms with Crippen LogP contribution in [0, 0.1) is 0 Å². The van der Waals surface area contributed by atoms with E-state index in [-0.39, 0.29) is 0 Å². The van der Waals surface area contributed by atoms with Gasteiger partial charge in [-0.2, -0.15) is 0 Å². The summed E-state index contributed by atoms with van der Waals surface area (Å²) in [5.74, 6) is 0. The number of aromatic nitrogens is 2. The molecule has 0 amide bonds. The second-order valence-corrected chi connectivity index (χ2v) is 18.8. The SMILES string of the molecule is c1ccc(-c2ccc(-n3c4ccc(-c5ccc6c(c5)C5(c7ccccc7-c7ccccc75)c5ccccc5-6)cc4c4cc(-c5ccc6c(c5)c5ccccc5n6-c5ccccc5)ccc43)cc2)cc1. The normalized spacial score (nSPS) is 13.0. The van der Waals surface area contributed by atoms with Gasteiger partial charge in [-0.05, 0) is 151 Å². The molecule has 0 atom stereocenters. The van der Waals surface area contributed by atoms with Gasteiger partial charge in [0.25, 0.3) is 0 Å². The van der Waals surface area contributed by atoms with Crippen molar-refractivity contribution >= 4 is 43.6 Å². The molecule has 0 radical (unpaired) electrons. The number of rotatable bonds is 5. The van der Waals surface area contributed by atoms with Crippen molar-refractivity contribution in [3.8, 4) is 67.0 Å². The summed E-state index contributed by atoms with van der Waals surface area (Å²) in [7, 11) is 0. The summed E-state index contributed by atoms with van der Waals surface area (Å²) in [6.07, 6.45) is 0. The second-order valence-electron chi connectivity index (χ2n) is 18.8. The van der Waals surface area contributed by atoms with Crippen molar-refractivity contribution in [3.05, 3.63) is 277 Å². The van der Waals surface area contributed by atoms with Crippen molar-refractivity contribution in [1.29, 1.82) is 0 Å². The van der Waals surface area contributed by atoms with Crippen molar-refractivity contribution in [2.45, 2.75) is 5.41 Å². The third-order valence-corrected chi connectivity index (χ3v) is 15.3. The van der Waals surface area contributed by atoms with Gasteiger partial charge in [0.2, 0.25) is 0 Å². The van der Waals surface area contributed by atoms with E-state index in [0.29, 0.717) is 0 Å². The van der Waals surface area contributed by atoms with Gasteiger partial charge in [0, 0.05) is 32.9 Å². The third-order valence-electron chi connectivity index (χ3n) is 15.3. The van der Waals surface area contributed by atoms with Crippen LogP contribution in [-0.4, -0.2) is 9.13 Å². The number of hydrogen-bond acceptors (Lipinski definition) is 0. The van der Waals surface area contributed by atoms with E-state index in [4.69, 9.17) is 0 Å². The van der Waals surface area contributed by atoms with Crippen molar-refractivity contribution in [2.75, 3.05) is 0 Å². The zero-order chi connectivity index (χ0) is 45.2. The topological polar surface area (TPSA) is 9.86 Å². The molecule has 0 saturated heterocycles. The van der Waals surface area contributed by atoms with Crippen LogP contribution in [0.25, 0.3) is 111 Å². The zero-order valence-electron chi connectivity index (χ0n) is 37.6. The van der Waals surface area contributed by atoms with Gasteiger partial charge in [-0.15, -0.1) is 0 Å². The Balaban J connectivity index is 0.931. The minimum absolute atomic E-state index is 0.398. The molecular formula is C67H42N2. The summed E-state index contributed by atoms with van der Waals surface area (Å²) in [5, 5.41) is 4.96. The van der Waals surface area contributed by atoms with Gasteiger partial charge in [0.15, 0.2) is 0 Å². The maximum atomic E-state index is 2.50. The molecule has 69 heavy (non-hydrogen) atoms. The van der Waals surface area contributed by atoms with Gasteiger partial charge >= 0.3 is 0 Å². The first-order chi connectivity index (χ1) is 34.2. The highest BCUT2D eigenvalue weighted by atomic mass is 15.0. The first-order valence-corrected chi connectivity index (χ1v) is 24.0. The van der Waals surface area contributed by atoms with Gasteiger partial charge in [-0.25, -0.2) is 0 Å². The molecule has 13 aromatic rings. The van der Waals surface area contributed by atoms with E-state index in [2.05, 4.69) is 264 Å². The summed E-state index contributed by atoms with van der Waals surface area (Å²) >= 11 is 0. The molecule has 0 aliphatic heterocycles. The van der Waals surface area contributed by atoms with Crippen molar-refractivity contribution in [3.63, 3.8) is 0 Å². The van der Waals surface area contributed by atoms with Gasteiger partial charge in [-0.3, -0.25) is 0 Å². The van der Waals surface area contributed by atoms with E-state index < -0.39 is 5.41 Å². The van der Waals surface area contributed by atoms with Crippen LogP contribution >= 0.6 is 0 Å². The molecule has 0 unspecified atom stereocenters. The van der Waals surface area contributed by atoms with Crippen LogP contribution in [0.15, 0.2) is 255 Å². The molecule has 11 aromatic carbocycles. The molecule has 2 heterocycles. The molecule has 15 rings (SSSR count). The lowest BCUT2D eigenvalue weighted by atomic mass is 9.70. The quantitative estimate of drug-likeness (QED) is 0.163. The Kier molecular flexibility index (Phi) is 8.02. The molecule has 0 bridgehead atoms. The van der Waals surface area contributed by atoms with E-state index in [9.17, 15) is 0 Å². The predicted octanol–water partition coefficient (Wildman–Crippen LogP) is 17.2. The summed E-state index contributed by atoms with van der Waals surface area (Å²) in [4.78, 5) is 0. The Bertz CT molecular complexity index is 4160. The molecular weight excluding hydrogens is 833 g/mol. The molecule has 1 spiro atoms. The molecule has 0 saturated carbocycles. The first-order valence-electron chi connectivity index (χ1n) is 24.0. The zero-order valence-corrected chi connectivity index (χ0v) is 37.6. The highest BCUT2D eigenvalue weighted by Crippen LogP contribution is 2.63. The average molecular weight is 875 g/mol.